The predicted octanol–water partition coefficient (Wildman–Crippen LogP) is 3.02. The van der Waals surface area contributed by atoms with E-state index in [1.807, 2.05) is 31.2 Å². The molecule has 0 saturated carbocycles. The number of nitrogens with one attached hydrogen (secondary N) is 1. The van der Waals surface area contributed by atoms with E-state index in [0.29, 0.717) is 13.2 Å². The van der Waals surface area contributed by atoms with Crippen LogP contribution in [0.15, 0.2) is 24.3 Å². The molecule has 0 spiro atoms. The summed E-state index contributed by atoms with van der Waals surface area (Å²) in [5, 5.41) is 2.72. The Bertz CT molecular complexity index is 319. The highest BCUT2D eigenvalue weighted by atomic mass is 16.5. The average molecular weight is 221 g/mol. The second kappa shape index (κ2) is 6.88. The van der Waals surface area contributed by atoms with Gasteiger partial charge in [0.1, 0.15) is 0 Å². The van der Waals surface area contributed by atoms with E-state index in [4.69, 9.17) is 4.74 Å². The molecule has 0 aliphatic carbocycles. The van der Waals surface area contributed by atoms with Gasteiger partial charge in [0.15, 0.2) is 0 Å². The lowest BCUT2D eigenvalue weighted by Gasteiger charge is -2.06. The Morgan fingerprint density at radius 2 is 2.00 bits per heavy atom. The quantitative estimate of drug-likeness (QED) is 0.776. The van der Waals surface area contributed by atoms with E-state index >= 15 is 0 Å². The number of rotatable bonds is 5. The Morgan fingerprint density at radius 1 is 1.31 bits per heavy atom. The maximum atomic E-state index is 11.2. The molecule has 1 aromatic carbocycles. The van der Waals surface area contributed by atoms with Crippen LogP contribution in [-0.4, -0.2) is 12.7 Å². The summed E-state index contributed by atoms with van der Waals surface area (Å²) in [4.78, 5) is 11.2. The Morgan fingerprint density at radius 3 is 2.62 bits per heavy atom. The first-order valence-corrected chi connectivity index (χ1v) is 5.68. The Labute approximate surface area is 96.8 Å². The molecule has 3 heteroatoms. The largest absolute Gasteiger partial charge is 0.450 e. The molecule has 0 aromatic heterocycles. The van der Waals surface area contributed by atoms with Crippen molar-refractivity contribution in [3.8, 4) is 0 Å². The van der Waals surface area contributed by atoms with E-state index in [0.717, 1.165) is 18.4 Å². The maximum Gasteiger partial charge on any atom is 0.407 e. The minimum Gasteiger partial charge on any atom is -0.450 e. The molecule has 1 amide bonds. The highest BCUT2D eigenvalue weighted by molar-refractivity contribution is 5.67. The van der Waals surface area contributed by atoms with Gasteiger partial charge in [0.05, 0.1) is 6.61 Å². The van der Waals surface area contributed by atoms with Crippen LogP contribution in [0, 0.1) is 6.92 Å². The molecule has 1 aromatic rings. The number of ether oxygens (including phenoxy) is 1. The van der Waals surface area contributed by atoms with Gasteiger partial charge in [-0.25, -0.2) is 4.79 Å². The minimum atomic E-state index is -0.339. The molecule has 0 bridgehead atoms. The third-order valence-corrected chi connectivity index (χ3v) is 2.29. The third-order valence-electron chi connectivity index (χ3n) is 2.29. The fourth-order valence-corrected chi connectivity index (χ4v) is 1.24. The van der Waals surface area contributed by atoms with Crippen LogP contribution in [0.4, 0.5) is 4.79 Å². The molecular weight excluding hydrogens is 202 g/mol. The van der Waals surface area contributed by atoms with Crippen molar-refractivity contribution in [1.82, 2.24) is 5.32 Å². The number of benzene rings is 1. The van der Waals surface area contributed by atoms with E-state index in [1.165, 1.54) is 5.56 Å². The molecule has 0 aliphatic rings. The maximum absolute atomic E-state index is 11.2. The first-order chi connectivity index (χ1) is 7.72. The van der Waals surface area contributed by atoms with Gasteiger partial charge in [-0.05, 0) is 18.9 Å². The summed E-state index contributed by atoms with van der Waals surface area (Å²) in [5.41, 5.74) is 2.30. The van der Waals surface area contributed by atoms with E-state index < -0.39 is 0 Å². The van der Waals surface area contributed by atoms with Crippen LogP contribution >= 0.6 is 0 Å². The summed E-state index contributed by atoms with van der Waals surface area (Å²) in [6.07, 6.45) is 1.61. The Balaban J connectivity index is 2.23. The molecule has 3 nitrogen and oxygen atoms in total. The summed E-state index contributed by atoms with van der Waals surface area (Å²) < 4.78 is 4.98. The molecule has 0 fully saturated rings. The number of carbonyl (C=O) groups is 1. The number of unbranched alkanes of at least 4 members (excludes halogenated alkanes) is 1. The lowest BCUT2D eigenvalue weighted by molar-refractivity contribution is 0.144. The van der Waals surface area contributed by atoms with Gasteiger partial charge < -0.3 is 10.1 Å². The first kappa shape index (κ1) is 12.6. The molecule has 0 saturated heterocycles. The van der Waals surface area contributed by atoms with Crippen LogP contribution in [0.5, 0.6) is 0 Å². The van der Waals surface area contributed by atoms with Crippen LogP contribution < -0.4 is 5.32 Å². The molecule has 0 atom stereocenters. The Hall–Kier alpha value is -1.51. The van der Waals surface area contributed by atoms with Crippen molar-refractivity contribution in [2.45, 2.75) is 33.2 Å². The zero-order valence-corrected chi connectivity index (χ0v) is 9.95. The van der Waals surface area contributed by atoms with Crippen molar-refractivity contribution in [2.75, 3.05) is 6.61 Å². The highest BCUT2D eigenvalue weighted by Crippen LogP contribution is 2.02. The van der Waals surface area contributed by atoms with Crippen molar-refractivity contribution in [3.05, 3.63) is 35.4 Å². The summed E-state index contributed by atoms with van der Waals surface area (Å²) in [6.45, 7) is 5.12. The van der Waals surface area contributed by atoms with Crippen LogP contribution in [0.1, 0.15) is 30.9 Å². The first-order valence-electron chi connectivity index (χ1n) is 5.68. The third kappa shape index (κ3) is 4.82. The average Bonchev–Trinajstić information content (AvgIpc) is 2.29. The number of aryl methyl sites for hydroxylation is 1. The second-order valence-corrected chi connectivity index (χ2v) is 3.83. The normalized spacial score (nSPS) is 9.88. The van der Waals surface area contributed by atoms with Crippen molar-refractivity contribution >= 4 is 6.09 Å². The van der Waals surface area contributed by atoms with Crippen LogP contribution in [0.3, 0.4) is 0 Å². The number of hydrogen-bond donors (Lipinski definition) is 1. The molecule has 16 heavy (non-hydrogen) atoms. The topological polar surface area (TPSA) is 38.3 Å². The van der Waals surface area contributed by atoms with Crippen molar-refractivity contribution in [3.63, 3.8) is 0 Å². The molecule has 0 unspecified atom stereocenters. The number of amides is 1. The zero-order chi connectivity index (χ0) is 11.8. The van der Waals surface area contributed by atoms with Gasteiger partial charge in [-0.2, -0.15) is 0 Å². The number of alkyl carbamates (subject to hydrolysis) is 1. The number of carbonyl (C=O) groups excluding carboxylic acids is 1. The van der Waals surface area contributed by atoms with Gasteiger partial charge >= 0.3 is 6.09 Å². The van der Waals surface area contributed by atoms with Gasteiger partial charge in [0.25, 0.3) is 0 Å². The van der Waals surface area contributed by atoms with Gasteiger partial charge in [-0.15, -0.1) is 0 Å². The molecule has 88 valence electrons. The molecule has 0 radical (unpaired) electrons. The SMILES string of the molecule is CCCCOC(=O)NCc1ccc(C)cc1. The van der Waals surface area contributed by atoms with Gasteiger partial charge in [0.2, 0.25) is 0 Å². The summed E-state index contributed by atoms with van der Waals surface area (Å²) in [6, 6.07) is 8.06. The van der Waals surface area contributed by atoms with Crippen LogP contribution in [0.2, 0.25) is 0 Å². The fraction of sp³-hybridized carbons (Fsp3) is 0.462. The fourth-order valence-electron chi connectivity index (χ4n) is 1.24. The lowest BCUT2D eigenvalue weighted by atomic mass is 10.1. The molecule has 0 heterocycles. The van der Waals surface area contributed by atoms with E-state index in [1.54, 1.807) is 0 Å². The van der Waals surface area contributed by atoms with Gasteiger partial charge in [-0.3, -0.25) is 0 Å². The number of hydrogen-bond acceptors (Lipinski definition) is 2. The van der Waals surface area contributed by atoms with Crippen LogP contribution in [-0.2, 0) is 11.3 Å². The van der Waals surface area contributed by atoms with E-state index in [2.05, 4.69) is 12.2 Å². The smallest absolute Gasteiger partial charge is 0.407 e. The molecule has 1 N–H and O–H groups in total. The van der Waals surface area contributed by atoms with Crippen molar-refractivity contribution in [2.24, 2.45) is 0 Å². The molecular formula is C13H19NO2. The van der Waals surface area contributed by atoms with Crippen molar-refractivity contribution < 1.29 is 9.53 Å². The van der Waals surface area contributed by atoms with E-state index in [-0.39, 0.29) is 6.09 Å². The zero-order valence-electron chi connectivity index (χ0n) is 9.95. The minimum absolute atomic E-state index is 0.339. The second-order valence-electron chi connectivity index (χ2n) is 3.83. The summed E-state index contributed by atoms with van der Waals surface area (Å²) >= 11 is 0. The van der Waals surface area contributed by atoms with Crippen molar-refractivity contribution in [1.29, 1.82) is 0 Å². The summed E-state index contributed by atoms with van der Waals surface area (Å²) in [5.74, 6) is 0. The molecule has 1 rings (SSSR count). The standard InChI is InChI=1S/C13H19NO2/c1-3-4-9-16-13(15)14-10-12-7-5-11(2)6-8-12/h5-8H,3-4,9-10H2,1-2H3,(H,14,15). The van der Waals surface area contributed by atoms with Gasteiger partial charge in [-0.1, -0.05) is 43.2 Å². The monoisotopic (exact) mass is 221 g/mol. The highest BCUT2D eigenvalue weighted by Gasteiger charge is 2.00. The Kier molecular flexibility index (Phi) is 5.40. The van der Waals surface area contributed by atoms with Gasteiger partial charge in [0, 0.05) is 6.54 Å². The molecule has 0 aliphatic heterocycles. The van der Waals surface area contributed by atoms with E-state index in [9.17, 15) is 4.79 Å². The summed E-state index contributed by atoms with van der Waals surface area (Å²) in [7, 11) is 0. The predicted molar refractivity (Wildman–Crippen MR) is 64.3 cm³/mol. The van der Waals surface area contributed by atoms with Crippen LogP contribution in [0.25, 0.3) is 0 Å². The lowest BCUT2D eigenvalue weighted by Crippen LogP contribution is -2.24.